The van der Waals surface area contributed by atoms with Crippen LogP contribution in [0.15, 0.2) is 12.3 Å². The maximum absolute atomic E-state index is 12.4. The van der Waals surface area contributed by atoms with Crippen LogP contribution in [0.1, 0.15) is 42.5 Å². The number of nitrogens with zero attached hydrogens (tertiary/aromatic N) is 2. The molecule has 2 heterocycles. The quantitative estimate of drug-likeness (QED) is 0.825. The number of pyridine rings is 1. The lowest BCUT2D eigenvalue weighted by molar-refractivity contribution is -0.119. The molecule has 2 N–H and O–H groups in total. The van der Waals surface area contributed by atoms with Gasteiger partial charge in [0.2, 0.25) is 5.91 Å². The topological polar surface area (TPSA) is 74.3 Å². The average molecular weight is 351 g/mol. The first-order valence-corrected chi connectivity index (χ1v) is 8.96. The summed E-state index contributed by atoms with van der Waals surface area (Å²) in [7, 11) is 0. The lowest BCUT2D eigenvalue weighted by Crippen LogP contribution is -2.35. The van der Waals surface area contributed by atoms with E-state index in [0.29, 0.717) is 22.3 Å². The first-order valence-electron chi connectivity index (χ1n) is 8.59. The van der Waals surface area contributed by atoms with E-state index in [2.05, 4.69) is 15.6 Å². The number of carbonyl (C=O) groups excluding carboxylic acids is 2. The number of likely N-dealkylation sites (tertiary alicyclic amines) is 1. The van der Waals surface area contributed by atoms with Crippen molar-refractivity contribution in [2.75, 3.05) is 31.5 Å². The van der Waals surface area contributed by atoms with E-state index in [0.717, 1.165) is 32.5 Å². The van der Waals surface area contributed by atoms with Crippen LogP contribution in [0, 0.1) is 5.92 Å². The summed E-state index contributed by atoms with van der Waals surface area (Å²) in [6.45, 7) is 2.44. The third-order valence-corrected chi connectivity index (χ3v) is 4.72. The Morgan fingerprint density at radius 1 is 1.25 bits per heavy atom. The van der Waals surface area contributed by atoms with Gasteiger partial charge in [-0.25, -0.2) is 4.98 Å². The normalized spacial score (nSPS) is 17.5. The van der Waals surface area contributed by atoms with Gasteiger partial charge in [-0.3, -0.25) is 9.59 Å². The smallest absolute Gasteiger partial charge is 0.255 e. The van der Waals surface area contributed by atoms with Crippen LogP contribution in [0.3, 0.4) is 0 Å². The van der Waals surface area contributed by atoms with Gasteiger partial charge in [0.1, 0.15) is 5.82 Å². The lowest BCUT2D eigenvalue weighted by atomic mass is 10.1. The highest BCUT2D eigenvalue weighted by atomic mass is 35.5. The van der Waals surface area contributed by atoms with E-state index in [4.69, 9.17) is 11.6 Å². The second kappa shape index (κ2) is 7.83. The molecule has 1 aliphatic carbocycles. The molecule has 2 fully saturated rings. The Kier molecular flexibility index (Phi) is 5.56. The number of nitrogens with one attached hydrogen (secondary N) is 2. The fraction of sp³-hybridized carbons (Fsp3) is 0.588. The maximum atomic E-state index is 12.4. The molecule has 0 unspecified atom stereocenters. The molecule has 2 amide bonds. The molecule has 0 spiro atoms. The van der Waals surface area contributed by atoms with Crippen LogP contribution in [-0.4, -0.2) is 47.9 Å². The molecule has 0 atom stereocenters. The van der Waals surface area contributed by atoms with Gasteiger partial charge in [0, 0.05) is 25.8 Å². The molecule has 1 aromatic rings. The lowest BCUT2D eigenvalue weighted by Gasteiger charge is -2.26. The molecule has 130 valence electrons. The molecule has 2 aliphatic rings. The zero-order valence-corrected chi connectivity index (χ0v) is 14.4. The second-order valence-corrected chi connectivity index (χ2v) is 6.92. The average Bonchev–Trinajstić information content (AvgIpc) is 3.43. The Morgan fingerprint density at radius 3 is 2.67 bits per heavy atom. The number of anilines is 1. The van der Waals surface area contributed by atoms with Crippen LogP contribution in [0.4, 0.5) is 5.82 Å². The highest BCUT2D eigenvalue weighted by Gasteiger charge is 2.22. The van der Waals surface area contributed by atoms with Gasteiger partial charge >= 0.3 is 0 Å². The van der Waals surface area contributed by atoms with Gasteiger partial charge in [-0.05, 0) is 44.1 Å². The summed E-state index contributed by atoms with van der Waals surface area (Å²) in [5.74, 6) is 0.968. The fourth-order valence-electron chi connectivity index (χ4n) is 2.77. The van der Waals surface area contributed by atoms with E-state index in [1.54, 1.807) is 6.07 Å². The van der Waals surface area contributed by atoms with Crippen molar-refractivity contribution in [3.8, 4) is 0 Å². The second-order valence-electron chi connectivity index (χ2n) is 6.51. The van der Waals surface area contributed by atoms with E-state index < -0.39 is 0 Å². The van der Waals surface area contributed by atoms with E-state index in [1.165, 1.54) is 25.5 Å². The fourth-order valence-corrected chi connectivity index (χ4v) is 3.00. The van der Waals surface area contributed by atoms with Crippen LogP contribution < -0.4 is 10.6 Å². The number of aromatic nitrogens is 1. The number of carbonyl (C=O) groups is 2. The van der Waals surface area contributed by atoms with E-state index >= 15 is 0 Å². The van der Waals surface area contributed by atoms with Gasteiger partial charge in [-0.15, -0.1) is 0 Å². The monoisotopic (exact) mass is 350 g/mol. The van der Waals surface area contributed by atoms with Gasteiger partial charge < -0.3 is 15.5 Å². The summed E-state index contributed by atoms with van der Waals surface area (Å²) in [6, 6.07) is 1.62. The van der Waals surface area contributed by atoms with Crippen LogP contribution >= 0.6 is 11.6 Å². The van der Waals surface area contributed by atoms with Crippen molar-refractivity contribution in [3.63, 3.8) is 0 Å². The molecule has 1 saturated carbocycles. The number of hydrogen-bond donors (Lipinski definition) is 2. The summed E-state index contributed by atoms with van der Waals surface area (Å²) in [5.41, 5.74) is 0.491. The van der Waals surface area contributed by atoms with Gasteiger partial charge in [0.05, 0.1) is 17.1 Å². The molecule has 0 bridgehead atoms. The number of hydrogen-bond acceptors (Lipinski definition) is 4. The molecule has 0 radical (unpaired) electrons. The maximum Gasteiger partial charge on any atom is 0.255 e. The third kappa shape index (κ3) is 4.60. The van der Waals surface area contributed by atoms with Crippen LogP contribution in [0.5, 0.6) is 0 Å². The van der Waals surface area contributed by atoms with E-state index in [-0.39, 0.29) is 18.4 Å². The summed E-state index contributed by atoms with van der Waals surface area (Å²) in [5, 5.41) is 6.15. The predicted octanol–water partition coefficient (Wildman–Crippen LogP) is 2.30. The van der Waals surface area contributed by atoms with Crippen molar-refractivity contribution in [1.29, 1.82) is 0 Å². The Bertz CT molecular complexity index is 613. The molecule has 3 rings (SSSR count). The Hall–Kier alpha value is -1.82. The summed E-state index contributed by atoms with van der Waals surface area (Å²) in [4.78, 5) is 30.2. The van der Waals surface area contributed by atoms with Crippen LogP contribution in [0.25, 0.3) is 0 Å². The van der Waals surface area contributed by atoms with Crippen LogP contribution in [-0.2, 0) is 4.79 Å². The first kappa shape index (κ1) is 17.0. The van der Waals surface area contributed by atoms with Gasteiger partial charge in [0.15, 0.2) is 0 Å². The van der Waals surface area contributed by atoms with Crippen LogP contribution in [0.2, 0.25) is 5.02 Å². The first-order chi connectivity index (χ1) is 11.6. The zero-order valence-electron chi connectivity index (χ0n) is 13.7. The molecule has 6 nitrogen and oxygen atoms in total. The van der Waals surface area contributed by atoms with Crippen molar-refractivity contribution in [2.24, 2.45) is 5.92 Å². The molecular weight excluding hydrogens is 328 g/mol. The minimum atomic E-state index is -0.0757. The number of piperidine rings is 1. The van der Waals surface area contributed by atoms with Gasteiger partial charge in [0.25, 0.3) is 5.91 Å². The van der Waals surface area contributed by atoms with Crippen molar-refractivity contribution in [2.45, 2.75) is 32.1 Å². The molecular formula is C17H23ClN4O2. The predicted molar refractivity (Wildman–Crippen MR) is 93.2 cm³/mol. The van der Waals surface area contributed by atoms with Gasteiger partial charge in [-0.2, -0.15) is 0 Å². The largest absolute Gasteiger partial charge is 0.360 e. The Morgan fingerprint density at radius 2 is 2.00 bits per heavy atom. The van der Waals surface area contributed by atoms with E-state index in [9.17, 15) is 9.59 Å². The third-order valence-electron chi connectivity index (χ3n) is 4.43. The molecule has 7 heteroatoms. The Labute approximate surface area is 147 Å². The molecule has 1 aromatic heterocycles. The van der Waals surface area contributed by atoms with Crippen molar-refractivity contribution < 1.29 is 9.59 Å². The minimum absolute atomic E-state index is 0.0298. The van der Waals surface area contributed by atoms with E-state index in [1.807, 2.05) is 4.90 Å². The van der Waals surface area contributed by atoms with Crippen molar-refractivity contribution >= 4 is 29.2 Å². The van der Waals surface area contributed by atoms with Crippen molar-refractivity contribution in [3.05, 3.63) is 22.8 Å². The molecule has 1 aliphatic heterocycles. The minimum Gasteiger partial charge on any atom is -0.360 e. The molecule has 1 saturated heterocycles. The highest BCUT2D eigenvalue weighted by Crippen LogP contribution is 2.27. The number of halogens is 1. The highest BCUT2D eigenvalue weighted by molar-refractivity contribution is 6.33. The molecule has 24 heavy (non-hydrogen) atoms. The summed E-state index contributed by atoms with van der Waals surface area (Å²) in [6.07, 6.45) is 7.19. The summed E-state index contributed by atoms with van der Waals surface area (Å²) >= 11 is 6.21. The zero-order chi connectivity index (χ0) is 16.9. The number of amides is 2. The Balaban J connectivity index is 1.53. The van der Waals surface area contributed by atoms with Gasteiger partial charge in [-0.1, -0.05) is 11.6 Å². The molecule has 0 aromatic carbocycles. The summed E-state index contributed by atoms with van der Waals surface area (Å²) < 4.78 is 0. The standard InChI is InChI=1S/C17H23ClN4O2/c18-14-8-13(17(24)22-6-2-1-3-7-22)10-20-16(14)21-11-15(23)19-9-12-4-5-12/h8,10,12H,1-7,9,11H2,(H,19,23)(H,20,21). The SMILES string of the molecule is O=C(CNc1ncc(C(=O)N2CCCCC2)cc1Cl)NCC1CC1. The number of rotatable bonds is 6. The van der Waals surface area contributed by atoms with Crippen molar-refractivity contribution in [1.82, 2.24) is 15.2 Å².